The molecular weight excluding hydrogens is 510 g/mol. The Morgan fingerprint density at radius 3 is 2.41 bits per heavy atom. The lowest BCUT2D eigenvalue weighted by Crippen LogP contribution is -2.25. The van der Waals surface area contributed by atoms with E-state index in [1.165, 1.54) is 0 Å². The van der Waals surface area contributed by atoms with Crippen LogP contribution < -0.4 is 9.47 Å². The van der Waals surface area contributed by atoms with Crippen molar-refractivity contribution in [2.45, 2.75) is 53.0 Å². The van der Waals surface area contributed by atoms with Crippen molar-refractivity contribution in [1.82, 2.24) is 14.5 Å². The first kappa shape index (κ1) is 28.8. The molecule has 4 rings (SSSR count). The average molecular weight is 550 g/mol. The summed E-state index contributed by atoms with van der Waals surface area (Å²) < 4.78 is 14.2. The fourth-order valence-corrected chi connectivity index (χ4v) is 4.94. The first-order valence-electron chi connectivity index (χ1n) is 14.1. The second-order valence-electron chi connectivity index (χ2n) is 9.73. The minimum atomic E-state index is 0.149. The summed E-state index contributed by atoms with van der Waals surface area (Å²) in [6.07, 6.45) is 3.79. The molecule has 0 saturated carbocycles. The summed E-state index contributed by atoms with van der Waals surface area (Å²) in [7, 11) is 0. The van der Waals surface area contributed by atoms with Gasteiger partial charge in [-0.25, -0.2) is 4.98 Å². The zero-order valence-electron chi connectivity index (χ0n) is 23.3. The molecule has 1 heterocycles. The molecule has 0 atom stereocenters. The molecule has 0 unspecified atom stereocenters. The molecule has 0 fully saturated rings. The van der Waals surface area contributed by atoms with Gasteiger partial charge in [-0.15, -0.1) is 0 Å². The van der Waals surface area contributed by atoms with Crippen LogP contribution in [0.4, 0.5) is 0 Å². The maximum Gasteiger partial charge on any atom is 0.144 e. The summed E-state index contributed by atoms with van der Waals surface area (Å²) in [4.78, 5) is 7.31. The van der Waals surface area contributed by atoms with Gasteiger partial charge in [0, 0.05) is 36.7 Å². The number of rotatable bonds is 15. The lowest BCUT2D eigenvalue weighted by atomic mass is 10.1. The Morgan fingerprint density at radius 1 is 0.897 bits per heavy atom. The fourth-order valence-electron chi connectivity index (χ4n) is 4.73. The lowest BCUT2D eigenvalue weighted by molar-refractivity contribution is 0.249. The van der Waals surface area contributed by atoms with Crippen LogP contribution in [0.3, 0.4) is 0 Å². The quantitative estimate of drug-likeness (QED) is 0.155. The third kappa shape index (κ3) is 7.68. The average Bonchev–Trinajstić information content (AvgIpc) is 3.29. The Morgan fingerprint density at radius 2 is 1.67 bits per heavy atom. The van der Waals surface area contributed by atoms with Gasteiger partial charge in [0.1, 0.15) is 23.1 Å². The highest BCUT2D eigenvalue weighted by Crippen LogP contribution is 2.35. The Bertz CT molecular complexity index is 1350. The van der Waals surface area contributed by atoms with Crippen LogP contribution in [-0.2, 0) is 13.0 Å². The number of unbranched alkanes of at least 4 members (excludes halogenated alkanes) is 1. The number of phenols is 1. The van der Waals surface area contributed by atoms with E-state index in [0.717, 1.165) is 85.1 Å². The van der Waals surface area contributed by atoms with Crippen molar-refractivity contribution in [3.8, 4) is 28.6 Å². The molecule has 0 radical (unpaired) electrons. The molecule has 0 amide bonds. The Labute approximate surface area is 237 Å². The number of ether oxygens (including phenoxy) is 2. The number of halogens is 1. The van der Waals surface area contributed by atoms with E-state index in [1.807, 2.05) is 48.5 Å². The van der Waals surface area contributed by atoms with Crippen LogP contribution in [0, 0.1) is 0 Å². The monoisotopic (exact) mass is 549 g/mol. The number of hydrogen-bond donors (Lipinski definition) is 1. The van der Waals surface area contributed by atoms with Gasteiger partial charge in [-0.1, -0.05) is 50.9 Å². The zero-order chi connectivity index (χ0) is 27.6. The molecule has 0 aliphatic carbocycles. The van der Waals surface area contributed by atoms with Gasteiger partial charge in [-0.05, 0) is 67.9 Å². The van der Waals surface area contributed by atoms with Crippen molar-refractivity contribution < 1.29 is 14.6 Å². The Hall–Kier alpha value is -3.22. The number of nitrogens with zero attached hydrogens (tertiary/aromatic N) is 3. The first-order valence-corrected chi connectivity index (χ1v) is 14.5. The SMILES string of the molecule is CCCCn1c(-c2ccc(OCCc3cccc(Cl)c3)cc2O)nc2ccc(OCCCN(CC)CC)cc21. The summed E-state index contributed by atoms with van der Waals surface area (Å²) in [5, 5.41) is 11.7. The molecule has 6 nitrogen and oxygen atoms in total. The molecule has 4 aromatic rings. The molecule has 208 valence electrons. The van der Waals surface area contributed by atoms with Crippen LogP contribution in [0.5, 0.6) is 17.2 Å². The van der Waals surface area contributed by atoms with Gasteiger partial charge < -0.3 is 24.0 Å². The summed E-state index contributed by atoms with van der Waals surface area (Å²) in [5.41, 5.74) is 3.70. The summed E-state index contributed by atoms with van der Waals surface area (Å²) in [5.74, 6) is 2.37. The van der Waals surface area contributed by atoms with Gasteiger partial charge >= 0.3 is 0 Å². The van der Waals surface area contributed by atoms with Crippen molar-refractivity contribution in [2.75, 3.05) is 32.8 Å². The van der Waals surface area contributed by atoms with Crippen LogP contribution in [0.1, 0.15) is 45.6 Å². The van der Waals surface area contributed by atoms with Gasteiger partial charge in [-0.3, -0.25) is 0 Å². The van der Waals surface area contributed by atoms with Crippen LogP contribution in [0.15, 0.2) is 60.7 Å². The molecule has 1 aromatic heterocycles. The number of hydrogen-bond acceptors (Lipinski definition) is 5. The van der Waals surface area contributed by atoms with E-state index < -0.39 is 0 Å². The molecule has 0 bridgehead atoms. The standard InChI is InChI=1S/C32H40ClN3O3/c1-4-7-18-36-30-22-26(38-19-9-17-35(5-2)6-3)13-15-29(30)34-32(36)28-14-12-27(23-31(28)37)39-20-16-24-10-8-11-25(33)21-24/h8,10-15,21-23,37H,4-7,9,16-20H2,1-3H3. The normalized spacial score (nSPS) is 11.4. The van der Waals surface area contributed by atoms with Crippen molar-refractivity contribution in [3.63, 3.8) is 0 Å². The van der Waals surface area contributed by atoms with Gasteiger partial charge in [0.25, 0.3) is 0 Å². The number of phenolic OH excluding ortho intramolecular Hbond substituents is 1. The second kappa shape index (κ2) is 14.2. The van der Waals surface area contributed by atoms with Gasteiger partial charge in [0.05, 0.1) is 29.8 Å². The van der Waals surface area contributed by atoms with Crippen LogP contribution >= 0.6 is 11.6 Å². The number of aromatic hydroxyl groups is 1. The number of imidazole rings is 1. The van der Waals surface area contributed by atoms with E-state index in [4.69, 9.17) is 26.1 Å². The summed E-state index contributed by atoms with van der Waals surface area (Å²) in [6, 6.07) is 19.3. The Balaban J connectivity index is 1.49. The number of aryl methyl sites for hydroxylation is 1. The third-order valence-corrected chi connectivity index (χ3v) is 7.23. The smallest absolute Gasteiger partial charge is 0.144 e. The molecule has 7 heteroatoms. The summed E-state index contributed by atoms with van der Waals surface area (Å²) >= 11 is 6.08. The largest absolute Gasteiger partial charge is 0.507 e. The minimum absolute atomic E-state index is 0.149. The van der Waals surface area contributed by atoms with Crippen LogP contribution in [0.25, 0.3) is 22.4 Å². The van der Waals surface area contributed by atoms with Crippen molar-refractivity contribution in [1.29, 1.82) is 0 Å². The zero-order valence-corrected chi connectivity index (χ0v) is 24.1. The third-order valence-electron chi connectivity index (χ3n) is 7.00. The highest BCUT2D eigenvalue weighted by atomic mass is 35.5. The van der Waals surface area contributed by atoms with Gasteiger partial charge in [-0.2, -0.15) is 0 Å². The number of fused-ring (bicyclic) bond motifs is 1. The topological polar surface area (TPSA) is 59.8 Å². The molecule has 0 aliphatic rings. The maximum atomic E-state index is 11.0. The van der Waals surface area contributed by atoms with E-state index in [1.54, 1.807) is 6.07 Å². The molecule has 0 spiro atoms. The van der Waals surface area contributed by atoms with Crippen LogP contribution in [0.2, 0.25) is 5.02 Å². The lowest BCUT2D eigenvalue weighted by Gasteiger charge is -2.17. The molecule has 0 saturated heterocycles. The fraction of sp³-hybridized carbons (Fsp3) is 0.406. The molecule has 0 aliphatic heterocycles. The summed E-state index contributed by atoms with van der Waals surface area (Å²) in [6.45, 7) is 11.7. The number of benzene rings is 3. The highest BCUT2D eigenvalue weighted by Gasteiger charge is 2.17. The van der Waals surface area contributed by atoms with E-state index in [-0.39, 0.29) is 5.75 Å². The van der Waals surface area contributed by atoms with Gasteiger partial charge in [0.2, 0.25) is 0 Å². The van der Waals surface area contributed by atoms with Crippen LogP contribution in [-0.4, -0.2) is 52.4 Å². The molecular formula is C32H40ClN3O3. The van der Waals surface area contributed by atoms with Crippen molar-refractivity contribution in [3.05, 3.63) is 71.2 Å². The van der Waals surface area contributed by atoms with E-state index in [9.17, 15) is 5.11 Å². The predicted molar refractivity (Wildman–Crippen MR) is 160 cm³/mol. The molecule has 39 heavy (non-hydrogen) atoms. The van der Waals surface area contributed by atoms with Crippen molar-refractivity contribution >= 4 is 22.6 Å². The molecule has 3 aromatic carbocycles. The highest BCUT2D eigenvalue weighted by molar-refractivity contribution is 6.30. The van der Waals surface area contributed by atoms with Crippen molar-refractivity contribution in [2.24, 2.45) is 0 Å². The van der Waals surface area contributed by atoms with Gasteiger partial charge in [0.15, 0.2) is 0 Å². The first-order chi connectivity index (χ1) is 19.0. The van der Waals surface area contributed by atoms with E-state index >= 15 is 0 Å². The Kier molecular flexibility index (Phi) is 10.5. The number of aromatic nitrogens is 2. The minimum Gasteiger partial charge on any atom is -0.507 e. The maximum absolute atomic E-state index is 11.0. The van der Waals surface area contributed by atoms with E-state index in [2.05, 4.69) is 36.3 Å². The van der Waals surface area contributed by atoms with E-state index in [0.29, 0.717) is 24.5 Å². The predicted octanol–water partition coefficient (Wildman–Crippen LogP) is 7.59. The molecule has 1 N–H and O–H groups in total. The second-order valence-corrected chi connectivity index (χ2v) is 10.2.